The standard InChI is InChI=1S/C14H29N3O2/c1-12-8-17(9-13(2)19-12)11-14(18)10-16-6-3-4-15-5-7-16/h12-15,18H,3-11H2,1-2H3. The van der Waals surface area contributed by atoms with E-state index in [2.05, 4.69) is 29.0 Å². The van der Waals surface area contributed by atoms with Crippen LogP contribution in [0.3, 0.4) is 0 Å². The number of hydrogen-bond acceptors (Lipinski definition) is 5. The van der Waals surface area contributed by atoms with Crippen LogP contribution in [0.4, 0.5) is 0 Å². The van der Waals surface area contributed by atoms with Crippen LogP contribution in [0.15, 0.2) is 0 Å². The van der Waals surface area contributed by atoms with Gasteiger partial charge in [-0.25, -0.2) is 0 Å². The minimum Gasteiger partial charge on any atom is -0.390 e. The van der Waals surface area contributed by atoms with Gasteiger partial charge in [0.05, 0.1) is 18.3 Å². The third kappa shape index (κ3) is 5.36. The van der Waals surface area contributed by atoms with Crippen molar-refractivity contribution >= 4 is 0 Å². The molecule has 0 amide bonds. The lowest BCUT2D eigenvalue weighted by Crippen LogP contribution is -2.49. The number of hydrogen-bond donors (Lipinski definition) is 2. The molecular formula is C14H29N3O2. The number of nitrogens with one attached hydrogen (secondary N) is 1. The van der Waals surface area contributed by atoms with Crippen LogP contribution >= 0.6 is 0 Å². The van der Waals surface area contributed by atoms with Crippen molar-refractivity contribution in [3.8, 4) is 0 Å². The zero-order valence-electron chi connectivity index (χ0n) is 12.3. The second-order valence-electron chi connectivity index (χ2n) is 6.03. The van der Waals surface area contributed by atoms with E-state index in [0.717, 1.165) is 52.4 Å². The van der Waals surface area contributed by atoms with Gasteiger partial charge in [-0.15, -0.1) is 0 Å². The molecule has 2 fully saturated rings. The Labute approximate surface area is 116 Å². The van der Waals surface area contributed by atoms with Crippen LogP contribution in [0.1, 0.15) is 20.3 Å². The smallest absolute Gasteiger partial charge is 0.0793 e. The molecule has 2 rings (SSSR count). The molecule has 2 heterocycles. The lowest BCUT2D eigenvalue weighted by Gasteiger charge is -2.37. The van der Waals surface area contributed by atoms with Crippen molar-refractivity contribution < 1.29 is 9.84 Å². The maximum absolute atomic E-state index is 10.3. The molecule has 0 aromatic carbocycles. The molecular weight excluding hydrogens is 242 g/mol. The first-order valence-corrected chi connectivity index (χ1v) is 7.62. The highest BCUT2D eigenvalue weighted by Gasteiger charge is 2.24. The number of rotatable bonds is 4. The molecule has 3 unspecified atom stereocenters. The zero-order valence-corrected chi connectivity index (χ0v) is 12.3. The maximum Gasteiger partial charge on any atom is 0.0793 e. The van der Waals surface area contributed by atoms with E-state index in [1.54, 1.807) is 0 Å². The third-order valence-electron chi connectivity index (χ3n) is 3.87. The van der Waals surface area contributed by atoms with E-state index in [0.29, 0.717) is 0 Å². The number of aliphatic hydroxyl groups excluding tert-OH is 1. The number of morpholine rings is 1. The molecule has 0 spiro atoms. The first-order chi connectivity index (χ1) is 9.13. The van der Waals surface area contributed by atoms with Crippen molar-refractivity contribution in [2.24, 2.45) is 0 Å². The SMILES string of the molecule is CC1CN(CC(O)CN2CCCNCC2)CC(C)O1. The number of ether oxygens (including phenoxy) is 1. The van der Waals surface area contributed by atoms with Gasteiger partial charge in [-0.1, -0.05) is 0 Å². The van der Waals surface area contributed by atoms with Gasteiger partial charge in [0.1, 0.15) is 0 Å². The summed E-state index contributed by atoms with van der Waals surface area (Å²) in [6.45, 7) is 11.9. The summed E-state index contributed by atoms with van der Waals surface area (Å²) in [4.78, 5) is 4.71. The minimum atomic E-state index is -0.254. The molecule has 3 atom stereocenters. The van der Waals surface area contributed by atoms with Crippen molar-refractivity contribution in [3.63, 3.8) is 0 Å². The van der Waals surface area contributed by atoms with Crippen LogP contribution in [0, 0.1) is 0 Å². The topological polar surface area (TPSA) is 48.0 Å². The van der Waals surface area contributed by atoms with E-state index in [1.807, 2.05) is 0 Å². The Morgan fingerprint density at radius 3 is 2.53 bits per heavy atom. The Bertz CT molecular complexity index is 247. The highest BCUT2D eigenvalue weighted by Crippen LogP contribution is 2.11. The number of β-amino-alcohol motifs (C(OH)–C–C–N with tert-alkyl or cyclic N) is 1. The molecule has 5 nitrogen and oxygen atoms in total. The van der Waals surface area contributed by atoms with Crippen molar-refractivity contribution in [3.05, 3.63) is 0 Å². The van der Waals surface area contributed by atoms with E-state index in [1.165, 1.54) is 6.42 Å². The fourth-order valence-corrected chi connectivity index (χ4v) is 3.17. The fraction of sp³-hybridized carbons (Fsp3) is 1.00. The summed E-state index contributed by atoms with van der Waals surface area (Å²) in [6.07, 6.45) is 1.48. The quantitative estimate of drug-likeness (QED) is 0.738. The molecule has 0 bridgehead atoms. The Balaban J connectivity index is 1.72. The minimum absolute atomic E-state index is 0.254. The summed E-state index contributed by atoms with van der Waals surface area (Å²) in [5, 5.41) is 13.7. The van der Waals surface area contributed by atoms with Crippen LogP contribution in [-0.2, 0) is 4.74 Å². The Kier molecular flexibility index (Phi) is 6.04. The summed E-state index contributed by atoms with van der Waals surface area (Å²) in [5.74, 6) is 0. The lowest BCUT2D eigenvalue weighted by atomic mass is 10.2. The van der Waals surface area contributed by atoms with Gasteiger partial charge in [-0.05, 0) is 33.4 Å². The molecule has 0 aromatic heterocycles. The summed E-state index contributed by atoms with van der Waals surface area (Å²) in [6, 6.07) is 0. The van der Waals surface area contributed by atoms with Crippen LogP contribution in [0.25, 0.3) is 0 Å². The molecule has 0 saturated carbocycles. The number of aliphatic hydroxyl groups is 1. The van der Waals surface area contributed by atoms with Gasteiger partial charge in [0.15, 0.2) is 0 Å². The highest BCUT2D eigenvalue weighted by molar-refractivity contribution is 4.77. The van der Waals surface area contributed by atoms with Crippen LogP contribution in [0.2, 0.25) is 0 Å². The van der Waals surface area contributed by atoms with Crippen molar-refractivity contribution in [2.75, 3.05) is 52.4 Å². The van der Waals surface area contributed by atoms with Gasteiger partial charge in [0, 0.05) is 39.3 Å². The predicted molar refractivity (Wildman–Crippen MR) is 76.4 cm³/mol. The van der Waals surface area contributed by atoms with Crippen molar-refractivity contribution in [2.45, 2.75) is 38.6 Å². The summed E-state index contributed by atoms with van der Waals surface area (Å²) in [7, 11) is 0. The largest absolute Gasteiger partial charge is 0.390 e. The van der Waals surface area contributed by atoms with Crippen LogP contribution < -0.4 is 5.32 Å². The molecule has 2 saturated heterocycles. The Morgan fingerprint density at radius 2 is 1.79 bits per heavy atom. The van der Waals surface area contributed by atoms with Gasteiger partial charge in [0.2, 0.25) is 0 Å². The van der Waals surface area contributed by atoms with Crippen molar-refractivity contribution in [1.82, 2.24) is 15.1 Å². The van der Waals surface area contributed by atoms with Gasteiger partial charge in [-0.3, -0.25) is 9.80 Å². The molecule has 0 aliphatic carbocycles. The summed E-state index contributed by atoms with van der Waals surface area (Å²) >= 11 is 0. The first kappa shape index (κ1) is 15.2. The van der Waals surface area contributed by atoms with Gasteiger partial charge >= 0.3 is 0 Å². The average molecular weight is 271 g/mol. The molecule has 2 N–H and O–H groups in total. The highest BCUT2D eigenvalue weighted by atomic mass is 16.5. The fourth-order valence-electron chi connectivity index (χ4n) is 3.17. The van der Waals surface area contributed by atoms with Gasteiger partial charge in [0.25, 0.3) is 0 Å². The van der Waals surface area contributed by atoms with E-state index in [9.17, 15) is 5.11 Å². The molecule has 0 radical (unpaired) electrons. The maximum atomic E-state index is 10.3. The monoisotopic (exact) mass is 271 g/mol. The Hall–Kier alpha value is -0.200. The predicted octanol–water partition coefficient (Wildman–Crippen LogP) is -0.248. The second kappa shape index (κ2) is 7.55. The zero-order chi connectivity index (χ0) is 13.7. The molecule has 5 heteroatoms. The molecule has 19 heavy (non-hydrogen) atoms. The molecule has 0 aromatic rings. The van der Waals surface area contributed by atoms with Crippen molar-refractivity contribution in [1.29, 1.82) is 0 Å². The average Bonchev–Trinajstić information content (AvgIpc) is 2.55. The normalized spacial score (nSPS) is 33.0. The number of nitrogens with zero attached hydrogens (tertiary/aromatic N) is 2. The summed E-state index contributed by atoms with van der Waals surface area (Å²) in [5.41, 5.74) is 0. The molecule has 2 aliphatic heterocycles. The van der Waals surface area contributed by atoms with E-state index in [4.69, 9.17) is 4.74 Å². The van der Waals surface area contributed by atoms with Gasteiger partial charge in [-0.2, -0.15) is 0 Å². The van der Waals surface area contributed by atoms with Crippen LogP contribution in [0.5, 0.6) is 0 Å². The second-order valence-corrected chi connectivity index (χ2v) is 6.03. The van der Waals surface area contributed by atoms with E-state index >= 15 is 0 Å². The third-order valence-corrected chi connectivity index (χ3v) is 3.87. The Morgan fingerprint density at radius 1 is 1.11 bits per heavy atom. The van der Waals surface area contributed by atoms with E-state index < -0.39 is 0 Å². The first-order valence-electron chi connectivity index (χ1n) is 7.62. The summed E-state index contributed by atoms with van der Waals surface area (Å²) < 4.78 is 5.72. The van der Waals surface area contributed by atoms with Crippen LogP contribution in [-0.4, -0.2) is 85.6 Å². The lowest BCUT2D eigenvalue weighted by molar-refractivity contribution is -0.0779. The molecule has 112 valence electrons. The molecule has 2 aliphatic rings. The van der Waals surface area contributed by atoms with Gasteiger partial charge < -0.3 is 15.2 Å². The van der Waals surface area contributed by atoms with E-state index in [-0.39, 0.29) is 18.3 Å².